The molecule has 9 heteroatoms. The molecule has 3 rings (SSSR count). The molecule has 1 aromatic carbocycles. The van der Waals surface area contributed by atoms with Gasteiger partial charge in [-0.1, -0.05) is 12.1 Å². The molecule has 30 heavy (non-hydrogen) atoms. The zero-order valence-electron chi connectivity index (χ0n) is 17.5. The van der Waals surface area contributed by atoms with Crippen LogP contribution in [0.2, 0.25) is 0 Å². The summed E-state index contributed by atoms with van der Waals surface area (Å²) < 4.78 is 21.2. The number of nitrogens with one attached hydrogen (secondary N) is 2. The zero-order valence-corrected chi connectivity index (χ0v) is 19.8. The summed E-state index contributed by atoms with van der Waals surface area (Å²) in [5.74, 6) is 0.566. The number of aryl methyl sites for hydroxylation is 1. The molecule has 7 nitrogen and oxygen atoms in total. The molecule has 2 heterocycles. The number of ether oxygens (including phenoxy) is 1. The summed E-state index contributed by atoms with van der Waals surface area (Å²) in [6.45, 7) is 8.09. The first-order chi connectivity index (χ1) is 14.3. The first kappa shape index (κ1) is 24.5. The van der Waals surface area contributed by atoms with Crippen LogP contribution in [0.5, 0.6) is 0 Å². The van der Waals surface area contributed by atoms with E-state index in [0.29, 0.717) is 19.8 Å². The molecule has 0 saturated carbocycles. The van der Waals surface area contributed by atoms with E-state index in [2.05, 4.69) is 20.6 Å². The van der Waals surface area contributed by atoms with E-state index in [-0.39, 0.29) is 35.8 Å². The molecule has 1 saturated heterocycles. The van der Waals surface area contributed by atoms with Crippen LogP contribution < -0.4 is 10.6 Å². The lowest BCUT2D eigenvalue weighted by atomic mass is 10.0. The fraction of sp³-hybridized carbons (Fsp3) is 0.524. The van der Waals surface area contributed by atoms with Gasteiger partial charge < -0.3 is 15.4 Å². The second-order valence-corrected chi connectivity index (χ2v) is 6.99. The van der Waals surface area contributed by atoms with Gasteiger partial charge in [0.1, 0.15) is 5.82 Å². The number of hydrogen-bond acceptors (Lipinski definition) is 4. The molecular formula is C21H32FIN6O. The van der Waals surface area contributed by atoms with E-state index in [1.807, 2.05) is 29.9 Å². The van der Waals surface area contributed by atoms with Gasteiger partial charge in [0.25, 0.3) is 0 Å². The summed E-state index contributed by atoms with van der Waals surface area (Å²) in [6, 6.07) is 8.78. The average molecular weight is 530 g/mol. The van der Waals surface area contributed by atoms with Gasteiger partial charge in [0, 0.05) is 45.1 Å². The molecule has 1 aliphatic rings. The van der Waals surface area contributed by atoms with Crippen molar-refractivity contribution in [1.29, 1.82) is 0 Å². The van der Waals surface area contributed by atoms with Crippen molar-refractivity contribution >= 4 is 29.9 Å². The number of morpholine rings is 1. The quantitative estimate of drug-likeness (QED) is 0.226. The molecule has 166 valence electrons. The zero-order chi connectivity index (χ0) is 20.3. The first-order valence-electron chi connectivity index (χ1n) is 10.3. The van der Waals surface area contributed by atoms with Gasteiger partial charge in [-0.25, -0.2) is 4.39 Å². The van der Waals surface area contributed by atoms with Gasteiger partial charge in [0.05, 0.1) is 25.8 Å². The number of hydrogen-bond donors (Lipinski definition) is 2. The molecule has 1 unspecified atom stereocenters. The van der Waals surface area contributed by atoms with Crippen molar-refractivity contribution < 1.29 is 9.13 Å². The molecule has 1 atom stereocenters. The van der Waals surface area contributed by atoms with Gasteiger partial charge in [0.2, 0.25) is 0 Å². The van der Waals surface area contributed by atoms with Gasteiger partial charge in [-0.3, -0.25) is 14.6 Å². The smallest absolute Gasteiger partial charge is 0.191 e. The van der Waals surface area contributed by atoms with Crippen molar-refractivity contribution in [2.75, 3.05) is 45.9 Å². The van der Waals surface area contributed by atoms with Crippen molar-refractivity contribution in [1.82, 2.24) is 25.3 Å². The van der Waals surface area contributed by atoms with Crippen molar-refractivity contribution in [3.8, 4) is 0 Å². The van der Waals surface area contributed by atoms with Crippen LogP contribution in [-0.2, 0) is 11.3 Å². The van der Waals surface area contributed by atoms with E-state index in [1.54, 1.807) is 18.3 Å². The summed E-state index contributed by atoms with van der Waals surface area (Å²) in [7, 11) is 0. The Morgan fingerprint density at radius 3 is 2.80 bits per heavy atom. The molecule has 1 aromatic heterocycles. The van der Waals surface area contributed by atoms with Crippen LogP contribution in [0.3, 0.4) is 0 Å². The Bertz CT molecular complexity index is 752. The topological polar surface area (TPSA) is 66.7 Å². The van der Waals surface area contributed by atoms with E-state index in [9.17, 15) is 4.39 Å². The molecule has 0 radical (unpaired) electrons. The Labute approximate surface area is 195 Å². The number of guanidine groups is 1. The number of nitrogens with zero attached hydrogens (tertiary/aromatic N) is 4. The standard InChI is InChI=1S/C21H31FN6O.HI/c1-2-23-21(24-8-4-10-28-11-5-9-26-28)25-17-20(27-12-14-29-15-13-27)18-6-3-7-19(22)16-18;/h3,5-7,9,11,16,20H,2,4,8,10,12-15,17H2,1H3,(H2,23,24,25);1H. The van der Waals surface area contributed by atoms with Gasteiger partial charge in [-0.2, -0.15) is 5.10 Å². The minimum absolute atomic E-state index is 0. The fourth-order valence-electron chi connectivity index (χ4n) is 3.43. The van der Waals surface area contributed by atoms with Gasteiger partial charge in [-0.05, 0) is 37.1 Å². The molecule has 2 N–H and O–H groups in total. The minimum atomic E-state index is -0.214. The number of rotatable bonds is 9. The van der Waals surface area contributed by atoms with Crippen molar-refractivity contribution in [3.05, 3.63) is 54.1 Å². The Morgan fingerprint density at radius 1 is 1.27 bits per heavy atom. The lowest BCUT2D eigenvalue weighted by Crippen LogP contribution is -2.42. The van der Waals surface area contributed by atoms with Crippen LogP contribution in [0.25, 0.3) is 0 Å². The molecule has 2 aromatic rings. The van der Waals surface area contributed by atoms with Gasteiger partial charge in [0.15, 0.2) is 5.96 Å². The van der Waals surface area contributed by atoms with E-state index in [1.165, 1.54) is 6.07 Å². The summed E-state index contributed by atoms with van der Waals surface area (Å²) >= 11 is 0. The molecule has 1 fully saturated rings. The first-order valence-corrected chi connectivity index (χ1v) is 10.3. The highest BCUT2D eigenvalue weighted by Crippen LogP contribution is 2.23. The number of aliphatic imine (C=N–C) groups is 1. The number of halogens is 2. The van der Waals surface area contributed by atoms with Crippen LogP contribution >= 0.6 is 24.0 Å². The lowest BCUT2D eigenvalue weighted by Gasteiger charge is -2.34. The normalized spacial score (nSPS) is 16.0. The maximum absolute atomic E-state index is 13.8. The highest BCUT2D eigenvalue weighted by molar-refractivity contribution is 14.0. The minimum Gasteiger partial charge on any atom is -0.379 e. The summed E-state index contributed by atoms with van der Waals surface area (Å²) in [5, 5.41) is 10.9. The Hall–Kier alpha value is -1.72. The SMILES string of the molecule is CCNC(=NCC(c1cccc(F)c1)N1CCOCC1)NCCCn1cccn1.I. The van der Waals surface area contributed by atoms with Crippen molar-refractivity contribution in [2.45, 2.75) is 25.9 Å². The third-order valence-corrected chi connectivity index (χ3v) is 4.90. The summed E-state index contributed by atoms with van der Waals surface area (Å²) in [6.07, 6.45) is 4.70. The Balaban J connectivity index is 0.00000320. The van der Waals surface area contributed by atoms with E-state index < -0.39 is 0 Å². The summed E-state index contributed by atoms with van der Waals surface area (Å²) in [4.78, 5) is 7.12. The third-order valence-electron chi connectivity index (χ3n) is 4.90. The molecule has 0 bridgehead atoms. The van der Waals surface area contributed by atoms with Crippen LogP contribution in [-0.4, -0.2) is 66.6 Å². The van der Waals surface area contributed by atoms with Gasteiger partial charge >= 0.3 is 0 Å². The fourth-order valence-corrected chi connectivity index (χ4v) is 3.43. The second-order valence-electron chi connectivity index (χ2n) is 6.99. The number of aromatic nitrogens is 2. The average Bonchev–Trinajstić information content (AvgIpc) is 3.26. The maximum atomic E-state index is 13.8. The monoisotopic (exact) mass is 530 g/mol. The van der Waals surface area contributed by atoms with Crippen molar-refractivity contribution in [3.63, 3.8) is 0 Å². The van der Waals surface area contributed by atoms with Crippen LogP contribution in [0.1, 0.15) is 24.9 Å². The van der Waals surface area contributed by atoms with Crippen LogP contribution in [0, 0.1) is 5.82 Å². The van der Waals surface area contributed by atoms with Crippen LogP contribution in [0.4, 0.5) is 4.39 Å². The second kappa shape index (κ2) is 13.6. The van der Waals surface area contributed by atoms with Gasteiger partial charge in [-0.15, -0.1) is 24.0 Å². The Kier molecular flexibility index (Phi) is 11.1. The lowest BCUT2D eigenvalue weighted by molar-refractivity contribution is 0.0179. The predicted molar refractivity (Wildman–Crippen MR) is 128 cm³/mol. The Morgan fingerprint density at radius 2 is 2.10 bits per heavy atom. The molecule has 0 amide bonds. The summed E-state index contributed by atoms with van der Waals surface area (Å²) in [5.41, 5.74) is 0.949. The van der Waals surface area contributed by atoms with Crippen molar-refractivity contribution in [2.24, 2.45) is 4.99 Å². The largest absolute Gasteiger partial charge is 0.379 e. The third kappa shape index (κ3) is 7.84. The molecule has 0 aliphatic carbocycles. The highest BCUT2D eigenvalue weighted by Gasteiger charge is 2.23. The van der Waals surface area contributed by atoms with E-state index in [0.717, 1.165) is 50.7 Å². The molecule has 0 spiro atoms. The van der Waals surface area contributed by atoms with E-state index in [4.69, 9.17) is 9.73 Å². The number of benzene rings is 1. The maximum Gasteiger partial charge on any atom is 0.191 e. The highest BCUT2D eigenvalue weighted by atomic mass is 127. The van der Waals surface area contributed by atoms with E-state index >= 15 is 0 Å². The molecular weight excluding hydrogens is 498 g/mol. The van der Waals surface area contributed by atoms with Crippen LogP contribution in [0.15, 0.2) is 47.7 Å². The molecule has 1 aliphatic heterocycles. The predicted octanol–water partition coefficient (Wildman–Crippen LogP) is 2.66.